The van der Waals surface area contributed by atoms with Crippen LogP contribution in [0.3, 0.4) is 0 Å². The molecular weight excluding hydrogens is 460 g/mol. The van der Waals surface area contributed by atoms with Gasteiger partial charge < -0.3 is 19.6 Å². The molecular formula is C24H27BrN2O4. The molecule has 0 aromatic heterocycles. The summed E-state index contributed by atoms with van der Waals surface area (Å²) >= 11 is 3.47. The van der Waals surface area contributed by atoms with Gasteiger partial charge in [-0.1, -0.05) is 28.1 Å². The Hall–Kier alpha value is -2.64. The van der Waals surface area contributed by atoms with Crippen LogP contribution in [-0.4, -0.2) is 60.9 Å². The van der Waals surface area contributed by atoms with E-state index in [1.54, 1.807) is 30.2 Å². The molecule has 2 aromatic rings. The Morgan fingerprint density at radius 1 is 1.19 bits per heavy atom. The minimum Gasteiger partial charge on any atom is -0.507 e. The predicted molar refractivity (Wildman–Crippen MR) is 124 cm³/mol. The first-order chi connectivity index (χ1) is 14.7. The molecule has 1 heterocycles. The lowest BCUT2D eigenvalue weighted by Crippen LogP contribution is -2.32. The first-order valence-corrected chi connectivity index (χ1v) is 10.9. The van der Waals surface area contributed by atoms with Crippen LogP contribution in [0.25, 0.3) is 5.76 Å². The molecule has 1 N–H and O–H groups in total. The summed E-state index contributed by atoms with van der Waals surface area (Å²) in [6.07, 6.45) is 0.714. The largest absolute Gasteiger partial charge is 0.507 e. The van der Waals surface area contributed by atoms with Gasteiger partial charge in [0.25, 0.3) is 11.7 Å². The van der Waals surface area contributed by atoms with Gasteiger partial charge in [-0.3, -0.25) is 9.59 Å². The van der Waals surface area contributed by atoms with Crippen LogP contribution in [0.4, 0.5) is 0 Å². The number of methoxy groups -OCH3 is 1. The summed E-state index contributed by atoms with van der Waals surface area (Å²) in [6.45, 7) is 3.03. The first kappa shape index (κ1) is 23.0. The van der Waals surface area contributed by atoms with Crippen molar-refractivity contribution in [1.29, 1.82) is 0 Å². The molecule has 1 unspecified atom stereocenters. The first-order valence-electron chi connectivity index (χ1n) is 10.1. The van der Waals surface area contributed by atoms with E-state index in [0.29, 0.717) is 24.3 Å². The van der Waals surface area contributed by atoms with Crippen LogP contribution in [0.15, 0.2) is 52.5 Å². The fraction of sp³-hybridized carbons (Fsp3) is 0.333. The van der Waals surface area contributed by atoms with Crippen molar-refractivity contribution >= 4 is 33.4 Å². The van der Waals surface area contributed by atoms with E-state index >= 15 is 0 Å². The van der Waals surface area contributed by atoms with Crippen LogP contribution < -0.4 is 4.74 Å². The molecule has 0 saturated carbocycles. The molecule has 1 aliphatic heterocycles. The number of aliphatic hydroxyl groups is 1. The van der Waals surface area contributed by atoms with Gasteiger partial charge >= 0.3 is 0 Å². The maximum atomic E-state index is 13.1. The van der Waals surface area contributed by atoms with Crippen molar-refractivity contribution in [1.82, 2.24) is 9.80 Å². The summed E-state index contributed by atoms with van der Waals surface area (Å²) in [6, 6.07) is 12.1. The quantitative estimate of drug-likeness (QED) is 0.361. The average Bonchev–Trinajstić information content (AvgIpc) is 2.98. The number of benzene rings is 2. The second-order valence-electron chi connectivity index (χ2n) is 7.89. The third-order valence-corrected chi connectivity index (χ3v) is 5.89. The third-order valence-electron chi connectivity index (χ3n) is 5.40. The maximum absolute atomic E-state index is 13.1. The molecule has 1 atom stereocenters. The highest BCUT2D eigenvalue weighted by Gasteiger charge is 2.45. The lowest BCUT2D eigenvalue weighted by atomic mass is 9.94. The Morgan fingerprint density at radius 2 is 1.94 bits per heavy atom. The van der Waals surface area contributed by atoms with Gasteiger partial charge in [-0.2, -0.15) is 0 Å². The molecule has 6 nitrogen and oxygen atoms in total. The summed E-state index contributed by atoms with van der Waals surface area (Å²) in [4.78, 5) is 29.6. The van der Waals surface area contributed by atoms with E-state index in [2.05, 4.69) is 15.9 Å². The van der Waals surface area contributed by atoms with Crippen molar-refractivity contribution in [3.63, 3.8) is 0 Å². The number of hydrogen-bond acceptors (Lipinski definition) is 5. The molecule has 1 fully saturated rings. The van der Waals surface area contributed by atoms with Crippen molar-refractivity contribution in [3.05, 3.63) is 69.2 Å². The second kappa shape index (κ2) is 9.66. The Balaban J connectivity index is 2.12. The molecule has 31 heavy (non-hydrogen) atoms. The normalized spacial score (nSPS) is 18.1. The summed E-state index contributed by atoms with van der Waals surface area (Å²) in [5, 5.41) is 11.2. The zero-order chi connectivity index (χ0) is 22.7. The number of carbonyl (C=O) groups excluding carboxylic acids is 2. The van der Waals surface area contributed by atoms with Gasteiger partial charge in [-0.25, -0.2) is 0 Å². The summed E-state index contributed by atoms with van der Waals surface area (Å²) in [5.74, 6) is -0.765. The lowest BCUT2D eigenvalue weighted by molar-refractivity contribution is -0.139. The molecule has 1 amide bonds. The molecule has 0 bridgehead atoms. The van der Waals surface area contributed by atoms with E-state index in [1.165, 1.54) is 0 Å². The van der Waals surface area contributed by atoms with Gasteiger partial charge in [-0.05, 0) is 75.4 Å². The molecule has 3 rings (SSSR count). The van der Waals surface area contributed by atoms with E-state index in [-0.39, 0.29) is 11.3 Å². The van der Waals surface area contributed by atoms with E-state index in [4.69, 9.17) is 4.74 Å². The fourth-order valence-electron chi connectivity index (χ4n) is 3.87. The number of ketones is 1. The van der Waals surface area contributed by atoms with Crippen molar-refractivity contribution in [3.8, 4) is 5.75 Å². The number of aliphatic hydroxyl groups excluding tert-OH is 1. The highest BCUT2D eigenvalue weighted by atomic mass is 79.9. The molecule has 0 radical (unpaired) electrons. The van der Waals surface area contributed by atoms with Crippen LogP contribution in [0, 0.1) is 6.92 Å². The second-order valence-corrected chi connectivity index (χ2v) is 8.80. The van der Waals surface area contributed by atoms with Gasteiger partial charge in [0.05, 0.1) is 18.7 Å². The van der Waals surface area contributed by atoms with E-state index in [0.717, 1.165) is 22.1 Å². The number of hydrogen-bond donors (Lipinski definition) is 1. The maximum Gasteiger partial charge on any atom is 0.295 e. The molecule has 164 valence electrons. The van der Waals surface area contributed by atoms with E-state index in [1.807, 2.05) is 50.2 Å². The smallest absolute Gasteiger partial charge is 0.295 e. The van der Waals surface area contributed by atoms with Gasteiger partial charge in [-0.15, -0.1) is 0 Å². The number of Topliss-reactive ketones (excluding diaryl/α,β-unsaturated/α-hetero) is 1. The zero-order valence-electron chi connectivity index (χ0n) is 18.2. The van der Waals surface area contributed by atoms with Crippen molar-refractivity contribution in [2.75, 3.05) is 34.3 Å². The zero-order valence-corrected chi connectivity index (χ0v) is 19.8. The Kier molecular flexibility index (Phi) is 7.18. The molecule has 0 spiro atoms. The highest BCUT2D eigenvalue weighted by molar-refractivity contribution is 9.10. The SMILES string of the molecule is COc1ccc(C(O)=C2C(=O)C(=O)N(CCCN(C)C)C2c2cccc(Br)c2)c(C)c1. The molecule has 1 aliphatic rings. The monoisotopic (exact) mass is 486 g/mol. The van der Waals surface area contributed by atoms with E-state index in [9.17, 15) is 14.7 Å². The number of likely N-dealkylation sites (tertiary alicyclic amines) is 1. The number of amides is 1. The number of carbonyl (C=O) groups is 2. The number of ether oxygens (including phenoxy) is 1. The average molecular weight is 487 g/mol. The number of nitrogens with zero attached hydrogens (tertiary/aromatic N) is 2. The standard InChI is InChI=1S/C24H27BrN2O4/c1-15-13-18(31-4)9-10-19(15)22(28)20-21(16-7-5-8-17(25)14-16)27(24(30)23(20)29)12-6-11-26(2)3/h5,7-10,13-14,21,28H,6,11-12H2,1-4H3. The third kappa shape index (κ3) is 4.83. The molecule has 0 aliphatic carbocycles. The Bertz CT molecular complexity index is 1030. The van der Waals surface area contributed by atoms with Crippen LogP contribution in [0.1, 0.15) is 29.2 Å². The Labute approximate surface area is 191 Å². The minimum atomic E-state index is -0.664. The fourth-order valence-corrected chi connectivity index (χ4v) is 4.28. The summed E-state index contributed by atoms with van der Waals surface area (Å²) < 4.78 is 6.08. The molecule has 2 aromatic carbocycles. The van der Waals surface area contributed by atoms with Crippen LogP contribution in [0.5, 0.6) is 5.75 Å². The van der Waals surface area contributed by atoms with Crippen molar-refractivity contribution in [2.45, 2.75) is 19.4 Å². The van der Waals surface area contributed by atoms with Gasteiger partial charge in [0, 0.05) is 16.6 Å². The van der Waals surface area contributed by atoms with Crippen molar-refractivity contribution < 1.29 is 19.4 Å². The van der Waals surface area contributed by atoms with Crippen LogP contribution >= 0.6 is 15.9 Å². The summed E-state index contributed by atoms with van der Waals surface area (Å²) in [7, 11) is 5.50. The number of rotatable bonds is 7. The predicted octanol–water partition coefficient (Wildman–Crippen LogP) is 4.14. The molecule has 1 saturated heterocycles. The number of aryl methyl sites for hydroxylation is 1. The lowest BCUT2D eigenvalue weighted by Gasteiger charge is -2.26. The van der Waals surface area contributed by atoms with Gasteiger partial charge in [0.2, 0.25) is 0 Å². The molecule has 7 heteroatoms. The topological polar surface area (TPSA) is 70.1 Å². The van der Waals surface area contributed by atoms with Crippen molar-refractivity contribution in [2.24, 2.45) is 0 Å². The van der Waals surface area contributed by atoms with Gasteiger partial charge in [0.15, 0.2) is 0 Å². The highest BCUT2D eigenvalue weighted by Crippen LogP contribution is 2.40. The van der Waals surface area contributed by atoms with Crippen LogP contribution in [0.2, 0.25) is 0 Å². The summed E-state index contributed by atoms with van der Waals surface area (Å²) in [5.41, 5.74) is 2.14. The van der Waals surface area contributed by atoms with Gasteiger partial charge in [0.1, 0.15) is 11.5 Å². The number of halogens is 1. The van der Waals surface area contributed by atoms with Crippen LogP contribution in [-0.2, 0) is 9.59 Å². The van der Waals surface area contributed by atoms with E-state index < -0.39 is 17.7 Å². The Morgan fingerprint density at radius 3 is 2.55 bits per heavy atom. The minimum absolute atomic E-state index is 0.112.